The zero-order valence-electron chi connectivity index (χ0n) is 14.9. The van der Waals surface area contributed by atoms with Crippen molar-refractivity contribution < 1.29 is 23.6 Å². The molecule has 0 heterocycles. The minimum atomic E-state index is -4.36. The van der Waals surface area contributed by atoms with E-state index in [1.807, 2.05) is 13.8 Å². The van der Waals surface area contributed by atoms with Crippen molar-refractivity contribution in [2.45, 2.75) is 73.1 Å². The zero-order valence-corrected chi connectivity index (χ0v) is 15.8. The van der Waals surface area contributed by atoms with E-state index in [0.717, 1.165) is 38.9 Å². The lowest BCUT2D eigenvalue weighted by molar-refractivity contribution is 0.106. The van der Waals surface area contributed by atoms with E-state index in [1.54, 1.807) is 0 Å². The van der Waals surface area contributed by atoms with Crippen molar-refractivity contribution in [2.75, 3.05) is 19.8 Å². The minimum absolute atomic E-state index is 0.0743. The molecule has 0 aromatic rings. The van der Waals surface area contributed by atoms with Crippen LogP contribution in [0, 0.1) is 10.8 Å². The minimum Gasteiger partial charge on any atom is -0.381 e. The molecule has 2 N–H and O–H groups in total. The van der Waals surface area contributed by atoms with Gasteiger partial charge in [-0.1, -0.05) is 47.5 Å². The summed E-state index contributed by atoms with van der Waals surface area (Å²) >= 11 is 0. The Morgan fingerprint density at radius 1 is 0.864 bits per heavy atom. The first-order valence-corrected chi connectivity index (χ1v) is 9.72. The third kappa shape index (κ3) is 16.4. The van der Waals surface area contributed by atoms with Crippen LogP contribution in [0.4, 0.5) is 0 Å². The van der Waals surface area contributed by atoms with Crippen molar-refractivity contribution in [3.63, 3.8) is 0 Å². The Labute approximate surface area is 136 Å². The van der Waals surface area contributed by atoms with Crippen LogP contribution in [0.3, 0.4) is 0 Å². The highest BCUT2D eigenvalue weighted by molar-refractivity contribution is 7.46. The number of phosphoric ester groups is 1. The number of unbranched alkanes of at least 4 members (excludes halogenated alkanes) is 2. The molecule has 0 atom stereocenters. The van der Waals surface area contributed by atoms with Crippen molar-refractivity contribution in [1.82, 2.24) is 0 Å². The van der Waals surface area contributed by atoms with Gasteiger partial charge in [0.25, 0.3) is 0 Å². The van der Waals surface area contributed by atoms with Crippen molar-refractivity contribution >= 4 is 7.82 Å². The summed E-state index contributed by atoms with van der Waals surface area (Å²) in [6.45, 7) is 12.3. The van der Waals surface area contributed by atoms with Gasteiger partial charge in [-0.05, 0) is 36.5 Å². The number of rotatable bonds is 12. The summed E-state index contributed by atoms with van der Waals surface area (Å²) in [4.78, 5) is 17.4. The third-order valence-electron chi connectivity index (χ3n) is 3.48. The molecule has 0 bridgehead atoms. The quantitative estimate of drug-likeness (QED) is 0.404. The standard InChI is InChI=1S/C16H35O5P/c1-15(2,3)10-6-8-12-20-13-9-7-11-16(4,5)14-21-22(17,18)19/h6-14H2,1-5H3,(H2,17,18,19). The molecule has 6 heteroatoms. The lowest BCUT2D eigenvalue weighted by atomic mass is 9.88. The van der Waals surface area contributed by atoms with Crippen LogP contribution in [0.5, 0.6) is 0 Å². The molecule has 0 aliphatic heterocycles. The number of hydrogen-bond acceptors (Lipinski definition) is 3. The molecule has 0 saturated heterocycles. The average Bonchev–Trinajstić information content (AvgIpc) is 2.32. The van der Waals surface area contributed by atoms with Gasteiger partial charge in [0.05, 0.1) is 6.61 Å². The first-order chi connectivity index (χ1) is 9.91. The lowest BCUT2D eigenvalue weighted by Gasteiger charge is -2.24. The third-order valence-corrected chi connectivity index (χ3v) is 3.95. The maximum atomic E-state index is 10.7. The van der Waals surface area contributed by atoms with E-state index in [9.17, 15) is 4.57 Å². The Morgan fingerprint density at radius 2 is 1.36 bits per heavy atom. The first kappa shape index (κ1) is 22.1. The number of hydrogen-bond donors (Lipinski definition) is 2. The van der Waals surface area contributed by atoms with Gasteiger partial charge in [-0.25, -0.2) is 4.57 Å². The summed E-state index contributed by atoms with van der Waals surface area (Å²) in [5.74, 6) is 0. The van der Waals surface area contributed by atoms with Crippen molar-refractivity contribution in [1.29, 1.82) is 0 Å². The number of phosphoric acid groups is 1. The van der Waals surface area contributed by atoms with Gasteiger partial charge in [-0.3, -0.25) is 4.52 Å². The zero-order chi connectivity index (χ0) is 17.3. The summed E-state index contributed by atoms with van der Waals surface area (Å²) in [5.41, 5.74) is 0.175. The van der Waals surface area contributed by atoms with Crippen LogP contribution in [0.1, 0.15) is 73.1 Å². The van der Waals surface area contributed by atoms with E-state index in [1.165, 1.54) is 12.8 Å². The molecule has 0 aliphatic carbocycles. The molecule has 0 amide bonds. The predicted molar refractivity (Wildman–Crippen MR) is 89.8 cm³/mol. The summed E-state index contributed by atoms with van der Waals surface area (Å²) < 4.78 is 20.9. The highest BCUT2D eigenvalue weighted by Crippen LogP contribution is 2.39. The van der Waals surface area contributed by atoms with Gasteiger partial charge in [0.1, 0.15) is 0 Å². The fourth-order valence-corrected chi connectivity index (χ4v) is 2.62. The van der Waals surface area contributed by atoms with E-state index in [0.29, 0.717) is 5.41 Å². The summed E-state index contributed by atoms with van der Waals surface area (Å²) in [5, 5.41) is 0. The van der Waals surface area contributed by atoms with E-state index < -0.39 is 7.82 Å². The largest absolute Gasteiger partial charge is 0.469 e. The molecular weight excluding hydrogens is 303 g/mol. The van der Waals surface area contributed by atoms with E-state index >= 15 is 0 Å². The van der Waals surface area contributed by atoms with Crippen LogP contribution in [0.2, 0.25) is 0 Å². The normalized spacial score (nSPS) is 13.6. The molecule has 22 heavy (non-hydrogen) atoms. The van der Waals surface area contributed by atoms with E-state index in [-0.39, 0.29) is 12.0 Å². The Morgan fingerprint density at radius 3 is 1.82 bits per heavy atom. The Bertz CT molecular complexity index is 330. The summed E-state index contributed by atoms with van der Waals surface area (Å²) in [6.07, 6.45) is 6.34. The van der Waals surface area contributed by atoms with Crippen LogP contribution in [0.25, 0.3) is 0 Å². The Kier molecular flexibility index (Phi) is 10.1. The second-order valence-corrected chi connectivity index (χ2v) is 9.25. The molecule has 0 rings (SSSR count). The van der Waals surface area contributed by atoms with Crippen LogP contribution in [-0.2, 0) is 13.8 Å². The molecule has 0 unspecified atom stereocenters. The van der Waals surface area contributed by atoms with Crippen molar-refractivity contribution in [3.05, 3.63) is 0 Å². The summed E-state index contributed by atoms with van der Waals surface area (Å²) in [6, 6.07) is 0. The fraction of sp³-hybridized carbons (Fsp3) is 1.00. The fourth-order valence-electron chi connectivity index (χ4n) is 2.10. The van der Waals surface area contributed by atoms with Gasteiger partial charge < -0.3 is 14.5 Å². The van der Waals surface area contributed by atoms with Gasteiger partial charge in [-0.15, -0.1) is 0 Å². The molecular formula is C16H35O5P. The maximum Gasteiger partial charge on any atom is 0.469 e. The second kappa shape index (κ2) is 10.0. The monoisotopic (exact) mass is 338 g/mol. The summed E-state index contributed by atoms with van der Waals surface area (Å²) in [7, 11) is -4.36. The highest BCUT2D eigenvalue weighted by Gasteiger charge is 2.23. The highest BCUT2D eigenvalue weighted by atomic mass is 31.2. The molecule has 0 spiro atoms. The molecule has 0 aromatic carbocycles. The van der Waals surface area contributed by atoms with Crippen molar-refractivity contribution in [2.24, 2.45) is 10.8 Å². The van der Waals surface area contributed by atoms with Crippen LogP contribution >= 0.6 is 7.82 Å². The van der Waals surface area contributed by atoms with Gasteiger partial charge in [0.15, 0.2) is 0 Å². The van der Waals surface area contributed by atoms with Gasteiger partial charge in [0.2, 0.25) is 0 Å². The smallest absolute Gasteiger partial charge is 0.381 e. The Hall–Kier alpha value is 0.0700. The topological polar surface area (TPSA) is 76.0 Å². The Balaban J connectivity index is 3.50. The maximum absolute atomic E-state index is 10.7. The lowest BCUT2D eigenvalue weighted by Crippen LogP contribution is -2.18. The molecule has 5 nitrogen and oxygen atoms in total. The number of ether oxygens (including phenoxy) is 1. The van der Waals surface area contributed by atoms with Crippen LogP contribution in [0.15, 0.2) is 0 Å². The SMILES string of the molecule is CC(C)(C)CCCCOCCCCC(C)(C)COP(=O)(O)O. The molecule has 0 saturated carbocycles. The van der Waals surface area contributed by atoms with Crippen LogP contribution < -0.4 is 0 Å². The van der Waals surface area contributed by atoms with E-state index in [2.05, 4.69) is 25.3 Å². The molecule has 0 aromatic heterocycles. The molecule has 0 aliphatic rings. The molecule has 134 valence electrons. The second-order valence-electron chi connectivity index (χ2n) is 8.02. The van der Waals surface area contributed by atoms with E-state index in [4.69, 9.17) is 14.5 Å². The van der Waals surface area contributed by atoms with Gasteiger partial charge in [-0.2, -0.15) is 0 Å². The molecule has 0 fully saturated rings. The van der Waals surface area contributed by atoms with Gasteiger partial charge in [0, 0.05) is 13.2 Å². The molecule has 0 radical (unpaired) electrons. The van der Waals surface area contributed by atoms with Gasteiger partial charge >= 0.3 is 7.82 Å². The average molecular weight is 338 g/mol. The first-order valence-electron chi connectivity index (χ1n) is 8.19. The predicted octanol–water partition coefficient (Wildman–Crippen LogP) is 4.53. The van der Waals surface area contributed by atoms with Crippen LogP contribution in [-0.4, -0.2) is 29.6 Å². The van der Waals surface area contributed by atoms with Crippen molar-refractivity contribution in [3.8, 4) is 0 Å².